The van der Waals surface area contributed by atoms with Crippen molar-refractivity contribution in [1.82, 2.24) is 0 Å². The molecule has 1 rings (SSSR count). The number of unbranched alkanes of at least 4 members (excludes halogenated alkanes) is 2. The Bertz CT molecular complexity index is 563. The summed E-state index contributed by atoms with van der Waals surface area (Å²) >= 11 is 0. The lowest BCUT2D eigenvalue weighted by atomic mass is 10.00. The van der Waals surface area contributed by atoms with Crippen molar-refractivity contribution in [2.75, 3.05) is 0 Å². The first kappa shape index (κ1) is 28.5. The van der Waals surface area contributed by atoms with Crippen LogP contribution in [0.3, 0.4) is 0 Å². The van der Waals surface area contributed by atoms with Gasteiger partial charge in [0.05, 0.1) is 12.2 Å². The predicted octanol–water partition coefficient (Wildman–Crippen LogP) is 8.05. The Morgan fingerprint density at radius 2 is 1.48 bits per heavy atom. The van der Waals surface area contributed by atoms with Crippen LogP contribution in [0.1, 0.15) is 80.6 Å². The topological polar surface area (TPSA) is 35.5 Å². The Hall–Kier alpha value is -0.496. The molecule has 0 spiro atoms. The van der Waals surface area contributed by atoms with Crippen LogP contribution in [0.2, 0.25) is 36.3 Å². The minimum atomic E-state index is -1.77. The summed E-state index contributed by atoms with van der Waals surface area (Å²) in [6, 6.07) is 6.80. The SMILES string of the molecule is C=C1C(=O)C[C@@H](O[Si](CC)(CC)CC)[C@H]1/C=C/[C@H](CCCCC)O[Si](CC)(CC)CC. The molecule has 0 aliphatic heterocycles. The molecule has 1 aliphatic rings. The summed E-state index contributed by atoms with van der Waals surface area (Å²) in [5.74, 6) is 0.177. The average Bonchev–Trinajstić information content (AvgIpc) is 3.06. The first-order valence-corrected chi connectivity index (χ1v) is 18.1. The summed E-state index contributed by atoms with van der Waals surface area (Å²) < 4.78 is 13.6. The van der Waals surface area contributed by atoms with Crippen molar-refractivity contribution in [2.24, 2.45) is 5.92 Å². The number of carbonyl (C=O) groups is 1. The smallest absolute Gasteiger partial charge is 0.192 e. The van der Waals surface area contributed by atoms with E-state index in [1.165, 1.54) is 19.3 Å². The molecule has 0 saturated heterocycles. The van der Waals surface area contributed by atoms with Crippen molar-refractivity contribution >= 4 is 22.4 Å². The molecule has 0 aromatic rings. The van der Waals surface area contributed by atoms with Gasteiger partial charge in [-0.15, -0.1) is 0 Å². The highest BCUT2D eigenvalue weighted by molar-refractivity contribution is 6.74. The largest absolute Gasteiger partial charge is 0.413 e. The van der Waals surface area contributed by atoms with E-state index < -0.39 is 16.6 Å². The van der Waals surface area contributed by atoms with Gasteiger partial charge in [0.2, 0.25) is 0 Å². The number of carbonyl (C=O) groups excluding carboxylic acids is 1. The van der Waals surface area contributed by atoms with E-state index in [2.05, 4.69) is 67.2 Å². The Balaban J connectivity index is 3.07. The third-order valence-corrected chi connectivity index (χ3v) is 17.2. The Kier molecular flexibility index (Phi) is 12.8. The van der Waals surface area contributed by atoms with Crippen LogP contribution in [0, 0.1) is 5.92 Å². The maximum atomic E-state index is 12.5. The molecule has 31 heavy (non-hydrogen) atoms. The molecule has 0 N–H and O–H groups in total. The number of ketones is 1. The predicted molar refractivity (Wildman–Crippen MR) is 140 cm³/mol. The zero-order valence-corrected chi connectivity index (χ0v) is 23.6. The number of Topliss-reactive ketones (excluding diaryl/α,β-unsaturated/α-hetero) is 1. The van der Waals surface area contributed by atoms with Gasteiger partial charge in [0, 0.05) is 12.3 Å². The molecule has 1 saturated carbocycles. The van der Waals surface area contributed by atoms with Gasteiger partial charge in [0.25, 0.3) is 0 Å². The molecular weight excluding hydrogens is 416 g/mol. The van der Waals surface area contributed by atoms with Gasteiger partial charge in [-0.2, -0.15) is 0 Å². The Morgan fingerprint density at radius 3 is 1.97 bits per heavy atom. The second-order valence-corrected chi connectivity index (χ2v) is 18.8. The van der Waals surface area contributed by atoms with E-state index in [4.69, 9.17) is 8.85 Å². The highest BCUT2D eigenvalue weighted by Crippen LogP contribution is 2.36. The molecule has 0 unspecified atom stereocenters. The fraction of sp³-hybridized carbons (Fsp3) is 0.808. The highest BCUT2D eigenvalue weighted by Gasteiger charge is 2.41. The number of hydrogen-bond donors (Lipinski definition) is 0. The lowest BCUT2D eigenvalue weighted by molar-refractivity contribution is -0.115. The van der Waals surface area contributed by atoms with Gasteiger partial charge >= 0.3 is 0 Å². The molecule has 5 heteroatoms. The van der Waals surface area contributed by atoms with Crippen molar-refractivity contribution < 1.29 is 13.6 Å². The molecule has 1 fully saturated rings. The molecule has 3 atom stereocenters. The number of hydrogen-bond acceptors (Lipinski definition) is 3. The van der Waals surface area contributed by atoms with E-state index in [1.54, 1.807) is 0 Å². The van der Waals surface area contributed by atoms with Crippen LogP contribution in [0.15, 0.2) is 24.3 Å². The van der Waals surface area contributed by atoms with Gasteiger partial charge in [-0.05, 0) is 48.3 Å². The van der Waals surface area contributed by atoms with Crippen LogP contribution in [0.25, 0.3) is 0 Å². The van der Waals surface area contributed by atoms with Crippen LogP contribution in [-0.4, -0.2) is 34.6 Å². The molecule has 0 aromatic carbocycles. The van der Waals surface area contributed by atoms with Gasteiger partial charge in [0.15, 0.2) is 22.4 Å². The fourth-order valence-electron chi connectivity index (χ4n) is 4.88. The third-order valence-electron chi connectivity index (χ3n) is 7.84. The summed E-state index contributed by atoms with van der Waals surface area (Å²) in [4.78, 5) is 12.5. The maximum Gasteiger partial charge on any atom is 0.192 e. The van der Waals surface area contributed by atoms with Gasteiger partial charge in [-0.3, -0.25) is 4.79 Å². The van der Waals surface area contributed by atoms with E-state index in [-0.39, 0.29) is 23.9 Å². The van der Waals surface area contributed by atoms with Crippen molar-refractivity contribution in [3.63, 3.8) is 0 Å². The first-order valence-electron chi connectivity index (χ1n) is 13.1. The maximum absolute atomic E-state index is 12.5. The van der Waals surface area contributed by atoms with Crippen molar-refractivity contribution in [3.05, 3.63) is 24.3 Å². The van der Waals surface area contributed by atoms with Crippen LogP contribution < -0.4 is 0 Å². The summed E-state index contributed by atoms with van der Waals surface area (Å²) in [6.07, 6.45) is 9.79. The van der Waals surface area contributed by atoms with Crippen molar-refractivity contribution in [2.45, 2.75) is 129 Å². The van der Waals surface area contributed by atoms with Gasteiger partial charge in [-0.25, -0.2) is 0 Å². The lowest BCUT2D eigenvalue weighted by Crippen LogP contribution is -2.41. The minimum Gasteiger partial charge on any atom is -0.413 e. The van der Waals surface area contributed by atoms with E-state index in [9.17, 15) is 4.79 Å². The molecule has 180 valence electrons. The van der Waals surface area contributed by atoms with Crippen LogP contribution in [0.5, 0.6) is 0 Å². The van der Waals surface area contributed by atoms with E-state index >= 15 is 0 Å². The number of rotatable bonds is 16. The Labute approximate surface area is 195 Å². The molecule has 0 heterocycles. The zero-order valence-electron chi connectivity index (χ0n) is 21.6. The minimum absolute atomic E-state index is 0.00208. The van der Waals surface area contributed by atoms with Crippen molar-refractivity contribution in [1.29, 1.82) is 0 Å². The second kappa shape index (κ2) is 13.9. The molecule has 0 amide bonds. The molecule has 0 bridgehead atoms. The third kappa shape index (κ3) is 7.80. The molecule has 0 radical (unpaired) electrons. The molecule has 3 nitrogen and oxygen atoms in total. The first-order chi connectivity index (χ1) is 14.8. The quantitative estimate of drug-likeness (QED) is 0.0998. The normalized spacial score (nSPS) is 21.4. The molecule has 1 aliphatic carbocycles. The van der Waals surface area contributed by atoms with Crippen LogP contribution in [0.4, 0.5) is 0 Å². The Morgan fingerprint density at radius 1 is 0.935 bits per heavy atom. The van der Waals surface area contributed by atoms with E-state index in [0.717, 1.165) is 48.3 Å². The highest BCUT2D eigenvalue weighted by atomic mass is 28.4. The summed E-state index contributed by atoms with van der Waals surface area (Å²) in [6.45, 7) is 20.0. The second-order valence-electron chi connectivity index (χ2n) is 9.36. The van der Waals surface area contributed by atoms with Crippen LogP contribution >= 0.6 is 0 Å². The van der Waals surface area contributed by atoms with E-state index in [0.29, 0.717) is 6.42 Å². The summed E-state index contributed by atoms with van der Waals surface area (Å²) in [5, 5.41) is 0. The summed E-state index contributed by atoms with van der Waals surface area (Å²) in [7, 11) is -3.46. The van der Waals surface area contributed by atoms with Gasteiger partial charge in [-0.1, -0.05) is 86.5 Å². The monoisotopic (exact) mass is 466 g/mol. The van der Waals surface area contributed by atoms with Crippen molar-refractivity contribution in [3.8, 4) is 0 Å². The van der Waals surface area contributed by atoms with Gasteiger partial charge in [0.1, 0.15) is 0 Å². The van der Waals surface area contributed by atoms with E-state index in [1.807, 2.05) is 0 Å². The molecule has 0 aromatic heterocycles. The standard InChI is InChI=1S/C26H50O3Si2/c1-9-16-17-18-23(28-30(10-2,11-3)12-4)19-20-24-22(8)25(27)21-26(24)29-31(13-5,14-6)15-7/h19-20,23-24,26H,8-18,21H2,1-7H3/b20-19+/t23-,24-,26+/m0/s1. The van der Waals surface area contributed by atoms with Gasteiger partial charge < -0.3 is 8.85 Å². The van der Waals surface area contributed by atoms with Crippen LogP contribution in [-0.2, 0) is 13.6 Å². The fourth-order valence-corrected chi connectivity index (χ4v) is 10.6. The summed E-state index contributed by atoms with van der Waals surface area (Å²) in [5.41, 5.74) is 0.727. The molecular formula is C26H50O3Si2. The average molecular weight is 467 g/mol. The zero-order chi connectivity index (χ0) is 23.5. The lowest BCUT2D eigenvalue weighted by Gasteiger charge is -2.34.